The SMILES string of the molecule is C=N/C(=C\C(=C)C)OCCC1CCCC1.CC. The highest BCUT2D eigenvalue weighted by atomic mass is 16.5. The van der Waals surface area contributed by atoms with Crippen LogP contribution in [0.4, 0.5) is 0 Å². The molecule has 0 atom stereocenters. The molecule has 1 saturated carbocycles. The third-order valence-corrected chi connectivity index (χ3v) is 2.78. The van der Waals surface area contributed by atoms with E-state index in [1.54, 1.807) is 0 Å². The molecule has 1 rings (SSSR count). The number of ether oxygens (including phenoxy) is 1. The Morgan fingerprint density at radius 1 is 1.35 bits per heavy atom. The van der Waals surface area contributed by atoms with Crippen LogP contribution in [0.3, 0.4) is 0 Å². The number of rotatable bonds is 6. The molecule has 0 unspecified atom stereocenters. The summed E-state index contributed by atoms with van der Waals surface area (Å²) in [6, 6.07) is 0. The van der Waals surface area contributed by atoms with E-state index in [4.69, 9.17) is 4.74 Å². The average molecular weight is 237 g/mol. The first kappa shape index (κ1) is 16.0. The standard InChI is InChI=1S/C13H21NO.C2H6/c1-11(2)10-13(14-3)15-9-8-12-6-4-5-7-12;1-2/h10,12H,1,3-9H2,2H3;1-2H3/b13-10+;. The van der Waals surface area contributed by atoms with Crippen molar-refractivity contribution < 1.29 is 4.74 Å². The molecule has 0 spiro atoms. The van der Waals surface area contributed by atoms with Crippen molar-refractivity contribution in [2.75, 3.05) is 6.61 Å². The van der Waals surface area contributed by atoms with Crippen LogP contribution in [0.5, 0.6) is 0 Å². The first-order valence-corrected chi connectivity index (χ1v) is 6.69. The minimum absolute atomic E-state index is 0.598. The van der Waals surface area contributed by atoms with Gasteiger partial charge in [-0.25, -0.2) is 4.99 Å². The van der Waals surface area contributed by atoms with E-state index in [-0.39, 0.29) is 0 Å². The van der Waals surface area contributed by atoms with Crippen LogP contribution < -0.4 is 0 Å². The molecule has 0 aliphatic heterocycles. The van der Waals surface area contributed by atoms with E-state index in [0.717, 1.165) is 24.5 Å². The molecular weight excluding hydrogens is 210 g/mol. The molecule has 0 saturated heterocycles. The fourth-order valence-corrected chi connectivity index (χ4v) is 1.97. The van der Waals surface area contributed by atoms with Crippen molar-refractivity contribution in [1.82, 2.24) is 0 Å². The lowest BCUT2D eigenvalue weighted by molar-refractivity contribution is 0.189. The molecule has 17 heavy (non-hydrogen) atoms. The second-order valence-electron chi connectivity index (χ2n) is 4.27. The third-order valence-electron chi connectivity index (χ3n) is 2.78. The Bertz CT molecular complexity index is 250. The topological polar surface area (TPSA) is 21.6 Å². The van der Waals surface area contributed by atoms with Crippen LogP contribution in [0.2, 0.25) is 0 Å². The van der Waals surface area contributed by atoms with Gasteiger partial charge < -0.3 is 4.74 Å². The average Bonchev–Trinajstić information content (AvgIpc) is 2.83. The Morgan fingerprint density at radius 2 is 1.94 bits per heavy atom. The summed E-state index contributed by atoms with van der Waals surface area (Å²) < 4.78 is 5.54. The summed E-state index contributed by atoms with van der Waals surface area (Å²) in [5, 5.41) is 0. The Morgan fingerprint density at radius 3 is 2.41 bits per heavy atom. The highest BCUT2D eigenvalue weighted by Gasteiger charge is 2.14. The number of hydrogen-bond acceptors (Lipinski definition) is 2. The van der Waals surface area contributed by atoms with Gasteiger partial charge >= 0.3 is 0 Å². The highest BCUT2D eigenvalue weighted by molar-refractivity contribution is 5.29. The minimum atomic E-state index is 0.598. The van der Waals surface area contributed by atoms with E-state index in [2.05, 4.69) is 18.3 Å². The zero-order valence-corrected chi connectivity index (χ0v) is 11.7. The predicted octanol–water partition coefficient (Wildman–Crippen LogP) is 4.73. The molecule has 0 aromatic rings. The molecule has 0 aromatic heterocycles. The molecule has 1 fully saturated rings. The van der Waals surface area contributed by atoms with Gasteiger partial charge in [-0.15, -0.1) is 0 Å². The van der Waals surface area contributed by atoms with Crippen LogP contribution in [0.15, 0.2) is 29.1 Å². The summed E-state index contributed by atoms with van der Waals surface area (Å²) >= 11 is 0. The fraction of sp³-hybridized carbons (Fsp3) is 0.667. The molecule has 2 heteroatoms. The maximum atomic E-state index is 5.54. The molecule has 0 heterocycles. The Hall–Kier alpha value is -1.05. The molecule has 0 amide bonds. The van der Waals surface area contributed by atoms with Crippen molar-refractivity contribution in [3.8, 4) is 0 Å². The quantitative estimate of drug-likeness (QED) is 0.372. The monoisotopic (exact) mass is 237 g/mol. The summed E-state index contributed by atoms with van der Waals surface area (Å²) in [6.45, 7) is 13.9. The highest BCUT2D eigenvalue weighted by Crippen LogP contribution is 2.27. The summed E-state index contributed by atoms with van der Waals surface area (Å²) in [5.41, 5.74) is 0.943. The van der Waals surface area contributed by atoms with Crippen LogP contribution >= 0.6 is 0 Å². The lowest BCUT2D eigenvalue weighted by Gasteiger charge is -2.10. The normalized spacial score (nSPS) is 16.1. The number of hydrogen-bond donors (Lipinski definition) is 0. The molecule has 98 valence electrons. The van der Waals surface area contributed by atoms with Crippen LogP contribution in [0.1, 0.15) is 52.9 Å². The second-order valence-corrected chi connectivity index (χ2v) is 4.27. The molecule has 1 aliphatic rings. The van der Waals surface area contributed by atoms with Crippen LogP contribution in [-0.2, 0) is 4.74 Å². The summed E-state index contributed by atoms with van der Waals surface area (Å²) in [7, 11) is 0. The van der Waals surface area contributed by atoms with Gasteiger partial charge in [-0.2, -0.15) is 0 Å². The number of allylic oxidation sites excluding steroid dienone is 2. The number of aliphatic imine (C=N–C) groups is 1. The lowest BCUT2D eigenvalue weighted by atomic mass is 10.1. The zero-order valence-electron chi connectivity index (χ0n) is 11.7. The molecule has 0 radical (unpaired) electrons. The van der Waals surface area contributed by atoms with Crippen LogP contribution in [0, 0.1) is 5.92 Å². The summed E-state index contributed by atoms with van der Waals surface area (Å²) in [6.07, 6.45) is 8.47. The van der Waals surface area contributed by atoms with E-state index in [0.29, 0.717) is 5.88 Å². The van der Waals surface area contributed by atoms with Crippen molar-refractivity contribution in [2.24, 2.45) is 10.9 Å². The predicted molar refractivity (Wildman–Crippen MR) is 76.3 cm³/mol. The van der Waals surface area contributed by atoms with Crippen molar-refractivity contribution in [3.05, 3.63) is 24.1 Å². The van der Waals surface area contributed by atoms with Crippen LogP contribution in [-0.4, -0.2) is 13.3 Å². The first-order chi connectivity index (χ1) is 8.22. The van der Waals surface area contributed by atoms with Gasteiger partial charge in [0.25, 0.3) is 0 Å². The Balaban J connectivity index is 0.00000121. The van der Waals surface area contributed by atoms with E-state index in [1.807, 2.05) is 26.8 Å². The van der Waals surface area contributed by atoms with Gasteiger partial charge in [0.2, 0.25) is 5.88 Å². The van der Waals surface area contributed by atoms with Gasteiger partial charge in [0.1, 0.15) is 0 Å². The van der Waals surface area contributed by atoms with Gasteiger partial charge in [-0.3, -0.25) is 0 Å². The van der Waals surface area contributed by atoms with Gasteiger partial charge in [0.15, 0.2) is 0 Å². The summed E-state index contributed by atoms with van der Waals surface area (Å²) in [5.74, 6) is 1.46. The minimum Gasteiger partial charge on any atom is -0.478 e. The third kappa shape index (κ3) is 7.78. The van der Waals surface area contributed by atoms with Crippen LogP contribution in [0.25, 0.3) is 0 Å². The van der Waals surface area contributed by atoms with Crippen molar-refractivity contribution in [2.45, 2.75) is 52.9 Å². The molecular formula is C15H27NO. The second kappa shape index (κ2) is 10.1. The van der Waals surface area contributed by atoms with E-state index < -0.39 is 0 Å². The molecule has 2 nitrogen and oxygen atoms in total. The van der Waals surface area contributed by atoms with E-state index in [1.165, 1.54) is 25.7 Å². The lowest BCUT2D eigenvalue weighted by Crippen LogP contribution is -2.01. The van der Waals surface area contributed by atoms with Crippen molar-refractivity contribution >= 4 is 6.72 Å². The van der Waals surface area contributed by atoms with Gasteiger partial charge in [-0.1, -0.05) is 51.7 Å². The number of nitrogens with zero attached hydrogens (tertiary/aromatic N) is 1. The van der Waals surface area contributed by atoms with E-state index in [9.17, 15) is 0 Å². The maximum Gasteiger partial charge on any atom is 0.212 e. The van der Waals surface area contributed by atoms with Crippen molar-refractivity contribution in [1.29, 1.82) is 0 Å². The molecule has 0 aromatic carbocycles. The maximum absolute atomic E-state index is 5.54. The molecule has 1 aliphatic carbocycles. The molecule has 0 bridgehead atoms. The summed E-state index contributed by atoms with van der Waals surface area (Å²) in [4.78, 5) is 3.82. The Kier molecular flexibility index (Phi) is 9.50. The largest absolute Gasteiger partial charge is 0.478 e. The Labute approximate surface area is 106 Å². The fourth-order valence-electron chi connectivity index (χ4n) is 1.97. The van der Waals surface area contributed by atoms with Gasteiger partial charge in [0.05, 0.1) is 6.61 Å². The zero-order chi connectivity index (χ0) is 13.1. The van der Waals surface area contributed by atoms with Gasteiger partial charge in [-0.05, 0) is 26.0 Å². The molecule has 0 N–H and O–H groups in total. The van der Waals surface area contributed by atoms with Crippen molar-refractivity contribution in [3.63, 3.8) is 0 Å². The first-order valence-electron chi connectivity index (χ1n) is 6.69. The smallest absolute Gasteiger partial charge is 0.212 e. The van der Waals surface area contributed by atoms with Gasteiger partial charge in [0, 0.05) is 6.08 Å². The van der Waals surface area contributed by atoms with E-state index >= 15 is 0 Å².